The van der Waals surface area contributed by atoms with Crippen LogP contribution < -0.4 is 5.32 Å². The van der Waals surface area contributed by atoms with E-state index in [4.69, 9.17) is 0 Å². The summed E-state index contributed by atoms with van der Waals surface area (Å²) in [7, 11) is 0. The molecule has 6 heteroatoms. The van der Waals surface area contributed by atoms with Crippen LogP contribution in [0.1, 0.15) is 42.5 Å². The Bertz CT molecular complexity index is 1480. The third-order valence-electron chi connectivity index (χ3n) is 7.11. The van der Waals surface area contributed by atoms with Gasteiger partial charge in [-0.1, -0.05) is 37.1 Å². The molecule has 3 heterocycles. The number of rotatable bonds is 8. The van der Waals surface area contributed by atoms with Crippen LogP contribution in [0.2, 0.25) is 0 Å². The summed E-state index contributed by atoms with van der Waals surface area (Å²) in [5.41, 5.74) is 6.72. The average Bonchev–Trinajstić information content (AvgIpc) is 3.49. The topological polar surface area (TPSA) is 70.1 Å². The van der Waals surface area contributed by atoms with Crippen molar-refractivity contribution in [2.75, 3.05) is 19.6 Å². The van der Waals surface area contributed by atoms with E-state index in [2.05, 4.69) is 71.0 Å². The van der Waals surface area contributed by atoms with E-state index in [9.17, 15) is 9.59 Å². The van der Waals surface area contributed by atoms with Crippen molar-refractivity contribution in [3.8, 4) is 0 Å². The first-order valence-corrected chi connectivity index (χ1v) is 12.4. The second-order valence-corrected chi connectivity index (χ2v) is 9.42. The highest BCUT2D eigenvalue weighted by Gasteiger charge is 2.35. The van der Waals surface area contributed by atoms with Crippen molar-refractivity contribution >= 4 is 44.8 Å². The van der Waals surface area contributed by atoms with E-state index in [0.29, 0.717) is 11.1 Å². The predicted octanol–water partition coefficient (Wildman–Crippen LogP) is 5.04. The summed E-state index contributed by atoms with van der Waals surface area (Å²) in [4.78, 5) is 32.0. The number of benzene rings is 2. The molecule has 0 saturated carbocycles. The number of nitrogens with zero attached hydrogens (tertiary/aromatic N) is 2. The second-order valence-electron chi connectivity index (χ2n) is 9.42. The van der Waals surface area contributed by atoms with Crippen LogP contribution >= 0.6 is 0 Å². The number of carbonyl (C=O) groups excluding carboxylic acids is 2. The van der Waals surface area contributed by atoms with Crippen LogP contribution in [0.3, 0.4) is 0 Å². The minimum Gasteiger partial charge on any atom is -0.361 e. The summed E-state index contributed by atoms with van der Waals surface area (Å²) >= 11 is 0. The van der Waals surface area contributed by atoms with Crippen LogP contribution in [0, 0.1) is 13.8 Å². The Morgan fingerprint density at radius 3 is 2.23 bits per heavy atom. The summed E-state index contributed by atoms with van der Waals surface area (Å²) in [6.45, 7) is 12.4. The molecule has 0 unspecified atom stereocenters. The first kappa shape index (κ1) is 23.1. The molecule has 0 radical (unpaired) electrons. The number of hydrogen-bond donors (Lipinski definition) is 2. The van der Waals surface area contributed by atoms with E-state index < -0.39 is 0 Å². The largest absolute Gasteiger partial charge is 0.361 e. The third kappa shape index (κ3) is 4.08. The van der Waals surface area contributed by atoms with Gasteiger partial charge in [0.2, 0.25) is 0 Å². The summed E-state index contributed by atoms with van der Waals surface area (Å²) in [5, 5.41) is 4.51. The molecule has 0 aliphatic carbocycles. The molecule has 6 nitrogen and oxygen atoms in total. The number of aryl methyl sites for hydroxylation is 3. The molecular weight excluding hydrogens is 436 g/mol. The number of hydrogen-bond acceptors (Lipinski definition) is 3. The molecule has 2 amide bonds. The number of nitrogens with one attached hydrogen (secondary N) is 2. The van der Waals surface area contributed by atoms with Crippen LogP contribution in [0.4, 0.5) is 0 Å². The maximum Gasteiger partial charge on any atom is 0.259 e. The van der Waals surface area contributed by atoms with Crippen molar-refractivity contribution in [2.24, 2.45) is 0 Å². The lowest BCUT2D eigenvalue weighted by molar-refractivity contribution is -0.122. The Morgan fingerprint density at radius 1 is 0.857 bits per heavy atom. The minimum atomic E-state index is -0.345. The molecule has 0 fully saturated rings. The van der Waals surface area contributed by atoms with E-state index in [-0.39, 0.29) is 11.8 Å². The third-order valence-corrected chi connectivity index (χ3v) is 7.11. The zero-order valence-electron chi connectivity index (χ0n) is 20.9. The Morgan fingerprint density at radius 2 is 1.51 bits per heavy atom. The van der Waals surface area contributed by atoms with E-state index >= 15 is 0 Å². The van der Waals surface area contributed by atoms with Crippen molar-refractivity contribution in [1.29, 1.82) is 0 Å². The van der Waals surface area contributed by atoms with Crippen molar-refractivity contribution in [2.45, 2.75) is 40.7 Å². The predicted molar refractivity (Wildman–Crippen MR) is 142 cm³/mol. The normalized spacial score (nSPS) is 14.2. The highest BCUT2D eigenvalue weighted by Crippen LogP contribution is 2.38. The van der Waals surface area contributed by atoms with Gasteiger partial charge in [-0.15, -0.1) is 0 Å². The molecule has 0 bridgehead atoms. The summed E-state index contributed by atoms with van der Waals surface area (Å²) in [6.07, 6.45) is 4.91. The van der Waals surface area contributed by atoms with Crippen LogP contribution in [-0.2, 0) is 16.1 Å². The molecule has 0 saturated heterocycles. The molecule has 0 spiro atoms. The summed E-state index contributed by atoms with van der Waals surface area (Å²) in [6, 6.07) is 12.4. The SMILES string of the molecule is CCN(CC)CCCn1cc(C2=C(c3c[nH]c4ccc(C)cc34)C(=O)NC2=O)c2cc(C)ccc21. The van der Waals surface area contributed by atoms with E-state index in [0.717, 1.165) is 76.7 Å². The van der Waals surface area contributed by atoms with Crippen LogP contribution in [-0.4, -0.2) is 45.9 Å². The maximum atomic E-state index is 13.2. The molecule has 2 N–H and O–H groups in total. The molecule has 2 aromatic heterocycles. The van der Waals surface area contributed by atoms with Crippen LogP contribution in [0.25, 0.3) is 33.0 Å². The fourth-order valence-corrected chi connectivity index (χ4v) is 5.21. The molecular formula is C29H32N4O2. The number of aromatic amines is 1. The van der Waals surface area contributed by atoms with Gasteiger partial charge in [0.15, 0.2) is 0 Å². The fourth-order valence-electron chi connectivity index (χ4n) is 5.21. The maximum absolute atomic E-state index is 13.2. The quantitative estimate of drug-likeness (QED) is 0.356. The fraction of sp³-hybridized carbons (Fsp3) is 0.310. The molecule has 0 atom stereocenters. The molecule has 2 aromatic carbocycles. The molecule has 5 rings (SSSR count). The smallest absolute Gasteiger partial charge is 0.259 e. The van der Waals surface area contributed by atoms with Gasteiger partial charge in [-0.25, -0.2) is 0 Å². The Balaban J connectivity index is 1.66. The zero-order chi connectivity index (χ0) is 24.7. The Labute approximate surface area is 205 Å². The number of carbonyl (C=O) groups is 2. The van der Waals surface area contributed by atoms with Gasteiger partial charge in [-0.3, -0.25) is 14.9 Å². The second kappa shape index (κ2) is 9.19. The first-order valence-electron chi connectivity index (χ1n) is 12.4. The number of fused-ring (bicyclic) bond motifs is 2. The van der Waals surface area contributed by atoms with Gasteiger partial charge in [0.05, 0.1) is 11.1 Å². The molecule has 180 valence electrons. The number of imide groups is 1. The van der Waals surface area contributed by atoms with Crippen molar-refractivity contribution in [3.05, 3.63) is 71.0 Å². The van der Waals surface area contributed by atoms with Gasteiger partial charge in [0.1, 0.15) is 0 Å². The van der Waals surface area contributed by atoms with Gasteiger partial charge in [0, 0.05) is 51.9 Å². The van der Waals surface area contributed by atoms with Gasteiger partial charge < -0.3 is 14.5 Å². The minimum absolute atomic E-state index is 0.337. The van der Waals surface area contributed by atoms with Crippen LogP contribution in [0.5, 0.6) is 0 Å². The number of amides is 2. The monoisotopic (exact) mass is 468 g/mol. The Hall–Kier alpha value is -3.64. The van der Waals surface area contributed by atoms with E-state index in [1.54, 1.807) is 0 Å². The molecule has 35 heavy (non-hydrogen) atoms. The molecule has 1 aliphatic rings. The van der Waals surface area contributed by atoms with Crippen molar-refractivity contribution in [3.63, 3.8) is 0 Å². The average molecular weight is 469 g/mol. The van der Waals surface area contributed by atoms with Crippen LogP contribution in [0.15, 0.2) is 48.8 Å². The highest BCUT2D eigenvalue weighted by atomic mass is 16.2. The first-order chi connectivity index (χ1) is 16.9. The lowest BCUT2D eigenvalue weighted by Crippen LogP contribution is -2.24. The van der Waals surface area contributed by atoms with E-state index in [1.807, 2.05) is 25.3 Å². The highest BCUT2D eigenvalue weighted by molar-refractivity contribution is 6.50. The summed E-state index contributed by atoms with van der Waals surface area (Å²) in [5.74, 6) is -0.682. The van der Waals surface area contributed by atoms with E-state index in [1.165, 1.54) is 0 Å². The summed E-state index contributed by atoms with van der Waals surface area (Å²) < 4.78 is 2.23. The van der Waals surface area contributed by atoms with Gasteiger partial charge in [-0.2, -0.15) is 0 Å². The van der Waals surface area contributed by atoms with Gasteiger partial charge in [0.25, 0.3) is 11.8 Å². The lowest BCUT2D eigenvalue weighted by atomic mass is 9.95. The van der Waals surface area contributed by atoms with Gasteiger partial charge >= 0.3 is 0 Å². The standard InChI is InChI=1S/C29H32N4O2/c1-5-32(6-2)12-7-13-33-17-23(21-15-19(4)9-11-25(21)33)27-26(28(34)31-29(27)35)22-16-30-24-10-8-18(3)14-20(22)24/h8-11,14-17,30H,5-7,12-13H2,1-4H3,(H,31,34,35). The molecule has 1 aliphatic heterocycles. The van der Waals surface area contributed by atoms with Crippen molar-refractivity contribution < 1.29 is 9.59 Å². The lowest BCUT2D eigenvalue weighted by Gasteiger charge is -2.18. The van der Waals surface area contributed by atoms with Crippen molar-refractivity contribution in [1.82, 2.24) is 19.8 Å². The number of H-pyrrole nitrogens is 1. The zero-order valence-corrected chi connectivity index (χ0v) is 20.9. The Kier molecular flexibility index (Phi) is 6.07. The number of aromatic nitrogens is 2. The van der Waals surface area contributed by atoms with Gasteiger partial charge in [-0.05, 0) is 64.2 Å². The molecule has 4 aromatic rings.